The highest BCUT2D eigenvalue weighted by atomic mass is 32.2. The van der Waals surface area contributed by atoms with Crippen molar-refractivity contribution in [2.24, 2.45) is 7.05 Å². The van der Waals surface area contributed by atoms with Crippen LogP contribution in [-0.2, 0) is 11.8 Å². The topological polar surface area (TPSA) is 63.1 Å². The van der Waals surface area contributed by atoms with Crippen LogP contribution in [0, 0.1) is 5.82 Å². The van der Waals surface area contributed by atoms with Crippen molar-refractivity contribution >= 4 is 29.0 Å². The Bertz CT molecular complexity index is 1010. The molecule has 3 aromatic rings. The van der Waals surface area contributed by atoms with Crippen molar-refractivity contribution < 1.29 is 9.18 Å². The minimum Gasteiger partial charge on any atom is -0.372 e. The number of benzene rings is 2. The van der Waals surface area contributed by atoms with E-state index in [2.05, 4.69) is 32.5 Å². The maximum atomic E-state index is 14.0. The summed E-state index contributed by atoms with van der Waals surface area (Å²) < 4.78 is 15.7. The number of amides is 1. The lowest BCUT2D eigenvalue weighted by Gasteiger charge is -2.28. The van der Waals surface area contributed by atoms with Crippen LogP contribution in [0.2, 0.25) is 0 Å². The van der Waals surface area contributed by atoms with Gasteiger partial charge in [-0.15, -0.1) is 10.2 Å². The monoisotopic (exact) mass is 425 g/mol. The molecule has 1 fully saturated rings. The van der Waals surface area contributed by atoms with Gasteiger partial charge in [-0.1, -0.05) is 23.9 Å². The zero-order valence-electron chi connectivity index (χ0n) is 16.8. The number of nitrogens with zero attached hydrogens (tertiary/aromatic N) is 4. The number of carbonyl (C=O) groups excluding carboxylic acids is 1. The first-order valence-electron chi connectivity index (χ1n) is 10.0. The molecule has 0 atom stereocenters. The van der Waals surface area contributed by atoms with Crippen LogP contribution in [0.5, 0.6) is 0 Å². The highest BCUT2D eigenvalue weighted by Gasteiger charge is 2.16. The van der Waals surface area contributed by atoms with E-state index in [1.807, 2.05) is 12.1 Å². The van der Waals surface area contributed by atoms with Gasteiger partial charge in [0.15, 0.2) is 11.0 Å². The van der Waals surface area contributed by atoms with Crippen molar-refractivity contribution in [3.05, 3.63) is 54.3 Å². The van der Waals surface area contributed by atoms with Crippen molar-refractivity contribution in [2.45, 2.75) is 24.4 Å². The van der Waals surface area contributed by atoms with Crippen molar-refractivity contribution in [3.63, 3.8) is 0 Å². The fourth-order valence-corrected chi connectivity index (χ4v) is 4.26. The Balaban J connectivity index is 1.33. The third kappa shape index (κ3) is 4.64. The SMILES string of the molecule is Cn1c(SCC(=O)Nc2ccc(N3CCCCC3)cc2)nnc1-c1ccccc1F. The van der Waals surface area contributed by atoms with Crippen molar-refractivity contribution in [3.8, 4) is 11.4 Å². The molecule has 1 aliphatic heterocycles. The maximum Gasteiger partial charge on any atom is 0.234 e. The Morgan fingerprint density at radius 1 is 1.07 bits per heavy atom. The van der Waals surface area contributed by atoms with E-state index in [0.717, 1.165) is 18.8 Å². The third-order valence-corrected chi connectivity index (χ3v) is 6.17. The first-order valence-corrected chi connectivity index (χ1v) is 11.0. The Morgan fingerprint density at radius 2 is 1.80 bits per heavy atom. The fraction of sp³-hybridized carbons (Fsp3) is 0.318. The molecule has 2 heterocycles. The molecule has 156 valence electrons. The van der Waals surface area contributed by atoms with Gasteiger partial charge in [0.1, 0.15) is 5.82 Å². The highest BCUT2D eigenvalue weighted by Crippen LogP contribution is 2.25. The molecular weight excluding hydrogens is 401 g/mol. The Morgan fingerprint density at radius 3 is 2.53 bits per heavy atom. The van der Waals surface area contributed by atoms with Gasteiger partial charge in [-0.25, -0.2) is 4.39 Å². The number of hydrogen-bond acceptors (Lipinski definition) is 5. The van der Waals surface area contributed by atoms with E-state index < -0.39 is 0 Å². The smallest absolute Gasteiger partial charge is 0.234 e. The lowest BCUT2D eigenvalue weighted by atomic mass is 10.1. The number of hydrogen-bond donors (Lipinski definition) is 1. The Kier molecular flexibility index (Phi) is 6.32. The molecule has 8 heteroatoms. The number of aromatic nitrogens is 3. The summed E-state index contributed by atoms with van der Waals surface area (Å²) in [4.78, 5) is 14.7. The summed E-state index contributed by atoms with van der Waals surface area (Å²) in [6, 6.07) is 14.4. The van der Waals surface area contributed by atoms with Crippen LogP contribution in [0.1, 0.15) is 19.3 Å². The zero-order valence-corrected chi connectivity index (χ0v) is 17.7. The van der Waals surface area contributed by atoms with Gasteiger partial charge < -0.3 is 14.8 Å². The predicted octanol–water partition coefficient (Wildman–Crippen LogP) is 4.34. The molecule has 1 saturated heterocycles. The Hall–Kier alpha value is -2.87. The average Bonchev–Trinajstić information content (AvgIpc) is 3.14. The van der Waals surface area contributed by atoms with Crippen LogP contribution in [-0.4, -0.2) is 39.5 Å². The largest absolute Gasteiger partial charge is 0.372 e. The van der Waals surface area contributed by atoms with E-state index in [-0.39, 0.29) is 17.5 Å². The van der Waals surface area contributed by atoms with Crippen LogP contribution in [0.15, 0.2) is 53.7 Å². The normalized spacial score (nSPS) is 14.0. The Labute approximate surface area is 179 Å². The molecule has 0 saturated carbocycles. The minimum atomic E-state index is -0.352. The van der Waals surface area contributed by atoms with Crippen molar-refractivity contribution in [1.82, 2.24) is 14.8 Å². The molecule has 6 nitrogen and oxygen atoms in total. The number of nitrogens with one attached hydrogen (secondary N) is 1. The number of halogens is 1. The van der Waals surface area contributed by atoms with Gasteiger partial charge in [0.25, 0.3) is 0 Å². The second kappa shape index (κ2) is 9.30. The van der Waals surface area contributed by atoms with E-state index >= 15 is 0 Å². The first-order chi connectivity index (χ1) is 14.6. The van der Waals surface area contributed by atoms with Crippen LogP contribution < -0.4 is 10.2 Å². The summed E-state index contributed by atoms with van der Waals surface area (Å²) in [5.74, 6) is 0.151. The third-order valence-electron chi connectivity index (χ3n) is 5.15. The molecule has 2 aromatic carbocycles. The molecule has 0 unspecified atom stereocenters. The summed E-state index contributed by atoms with van der Waals surface area (Å²) in [5.41, 5.74) is 2.35. The molecule has 1 aromatic heterocycles. The minimum absolute atomic E-state index is 0.124. The lowest BCUT2D eigenvalue weighted by Crippen LogP contribution is -2.29. The summed E-state index contributed by atoms with van der Waals surface area (Å²) in [7, 11) is 1.77. The van der Waals surface area contributed by atoms with E-state index in [4.69, 9.17) is 0 Å². The summed E-state index contributed by atoms with van der Waals surface area (Å²) in [5, 5.41) is 11.7. The van der Waals surface area contributed by atoms with Gasteiger partial charge in [-0.2, -0.15) is 0 Å². The van der Waals surface area contributed by atoms with E-state index in [0.29, 0.717) is 16.5 Å². The van der Waals surface area contributed by atoms with Gasteiger partial charge in [0.05, 0.1) is 11.3 Å². The molecule has 4 rings (SSSR count). The molecule has 0 radical (unpaired) electrons. The summed E-state index contributed by atoms with van der Waals surface area (Å²) >= 11 is 1.27. The van der Waals surface area contributed by atoms with Gasteiger partial charge in [0, 0.05) is 31.5 Å². The molecule has 0 aliphatic carbocycles. The number of piperidine rings is 1. The molecule has 0 spiro atoms. The molecule has 0 bridgehead atoms. The van der Waals surface area contributed by atoms with E-state index in [1.165, 1.54) is 42.8 Å². The summed E-state index contributed by atoms with van der Waals surface area (Å²) in [6.45, 7) is 2.18. The van der Waals surface area contributed by atoms with Crippen LogP contribution in [0.25, 0.3) is 11.4 Å². The fourth-order valence-electron chi connectivity index (χ4n) is 3.55. The number of thioether (sulfide) groups is 1. The molecule has 1 aliphatic rings. The summed E-state index contributed by atoms with van der Waals surface area (Å²) in [6.07, 6.45) is 3.77. The number of anilines is 2. The second-order valence-corrected chi connectivity index (χ2v) is 8.22. The van der Waals surface area contributed by atoms with Crippen molar-refractivity contribution in [1.29, 1.82) is 0 Å². The predicted molar refractivity (Wildman–Crippen MR) is 118 cm³/mol. The van der Waals surface area contributed by atoms with Gasteiger partial charge in [-0.3, -0.25) is 4.79 Å². The average molecular weight is 426 g/mol. The van der Waals surface area contributed by atoms with Crippen LogP contribution >= 0.6 is 11.8 Å². The van der Waals surface area contributed by atoms with Gasteiger partial charge in [-0.05, 0) is 55.7 Å². The molecule has 1 N–H and O–H groups in total. The molecule has 30 heavy (non-hydrogen) atoms. The first kappa shape index (κ1) is 20.4. The van der Waals surface area contributed by atoms with Crippen LogP contribution in [0.3, 0.4) is 0 Å². The number of carbonyl (C=O) groups is 1. The maximum absolute atomic E-state index is 14.0. The highest BCUT2D eigenvalue weighted by molar-refractivity contribution is 7.99. The van der Waals surface area contributed by atoms with Gasteiger partial charge >= 0.3 is 0 Å². The zero-order chi connectivity index (χ0) is 20.9. The molecular formula is C22H24FN5OS. The van der Waals surface area contributed by atoms with E-state index in [1.54, 1.807) is 29.8 Å². The van der Waals surface area contributed by atoms with E-state index in [9.17, 15) is 9.18 Å². The molecule has 1 amide bonds. The number of rotatable bonds is 6. The lowest BCUT2D eigenvalue weighted by molar-refractivity contribution is -0.113. The van der Waals surface area contributed by atoms with Crippen LogP contribution in [0.4, 0.5) is 15.8 Å². The quantitative estimate of drug-likeness (QED) is 0.595. The van der Waals surface area contributed by atoms with Gasteiger partial charge in [0.2, 0.25) is 5.91 Å². The standard InChI is InChI=1S/C22H24FN5OS/c1-27-21(18-7-3-4-8-19(18)23)25-26-22(27)30-15-20(29)24-16-9-11-17(12-10-16)28-13-5-2-6-14-28/h3-4,7-12H,2,5-6,13-15H2,1H3,(H,24,29). The van der Waals surface area contributed by atoms with Crippen molar-refractivity contribution in [2.75, 3.05) is 29.1 Å². The second-order valence-electron chi connectivity index (χ2n) is 7.28.